The summed E-state index contributed by atoms with van der Waals surface area (Å²) >= 11 is 0. The number of hydrogen-bond donors (Lipinski definition) is 0. The van der Waals surface area contributed by atoms with Gasteiger partial charge in [-0.15, -0.1) is 0 Å². The highest BCUT2D eigenvalue weighted by Crippen LogP contribution is 2.13. The number of ether oxygens (including phenoxy) is 2. The van der Waals surface area contributed by atoms with Crippen molar-refractivity contribution in [3.63, 3.8) is 0 Å². The molecule has 1 amide bonds. The normalized spacial score (nSPS) is 19.2. The summed E-state index contributed by atoms with van der Waals surface area (Å²) in [5.41, 5.74) is 0. The third kappa shape index (κ3) is 4.24. The number of amides is 1. The van der Waals surface area contributed by atoms with Gasteiger partial charge in [-0.25, -0.2) is 0 Å². The topological polar surface area (TPSA) is 38.8 Å². The molecule has 104 valence electrons. The van der Waals surface area contributed by atoms with Gasteiger partial charge in [-0.1, -0.05) is 18.2 Å². The second-order valence-electron chi connectivity index (χ2n) is 4.68. The Balaban J connectivity index is 1.66. The van der Waals surface area contributed by atoms with Gasteiger partial charge in [0.15, 0.2) is 0 Å². The molecule has 0 saturated carbocycles. The highest BCUT2D eigenvalue weighted by atomic mass is 16.5. The van der Waals surface area contributed by atoms with Gasteiger partial charge in [-0.3, -0.25) is 4.79 Å². The van der Waals surface area contributed by atoms with Crippen LogP contribution in [0.5, 0.6) is 5.75 Å². The van der Waals surface area contributed by atoms with Crippen molar-refractivity contribution in [3.8, 4) is 5.75 Å². The zero-order valence-corrected chi connectivity index (χ0v) is 11.4. The number of carbonyl (C=O) groups is 1. The van der Waals surface area contributed by atoms with Gasteiger partial charge in [-0.05, 0) is 31.9 Å². The number of nitrogens with zero attached hydrogens (tertiary/aromatic N) is 1. The molecule has 4 heteroatoms. The van der Waals surface area contributed by atoms with Gasteiger partial charge in [-0.2, -0.15) is 0 Å². The lowest BCUT2D eigenvalue weighted by atomic mass is 10.2. The van der Waals surface area contributed by atoms with E-state index in [-0.39, 0.29) is 12.1 Å². The average Bonchev–Trinajstić information content (AvgIpc) is 2.45. The molecule has 1 unspecified atom stereocenters. The molecular formula is C15H21NO3. The SMILES string of the molecule is CC1OCCCN1C(=O)CCCOc1ccccc1. The molecule has 1 aliphatic heterocycles. The third-order valence-corrected chi connectivity index (χ3v) is 3.21. The first-order valence-electron chi connectivity index (χ1n) is 6.86. The summed E-state index contributed by atoms with van der Waals surface area (Å²) in [6.45, 7) is 4.05. The monoisotopic (exact) mass is 263 g/mol. The largest absolute Gasteiger partial charge is 0.494 e. The lowest BCUT2D eigenvalue weighted by molar-refractivity contribution is -0.152. The van der Waals surface area contributed by atoms with Crippen LogP contribution in [0.2, 0.25) is 0 Å². The van der Waals surface area contributed by atoms with Crippen molar-refractivity contribution >= 4 is 5.91 Å². The number of benzene rings is 1. The molecule has 1 fully saturated rings. The van der Waals surface area contributed by atoms with Crippen molar-refractivity contribution in [2.24, 2.45) is 0 Å². The van der Waals surface area contributed by atoms with Gasteiger partial charge in [0.05, 0.1) is 13.2 Å². The summed E-state index contributed by atoms with van der Waals surface area (Å²) in [5.74, 6) is 1.01. The lowest BCUT2D eigenvalue weighted by Crippen LogP contribution is -2.44. The molecule has 0 radical (unpaired) electrons. The van der Waals surface area contributed by atoms with Gasteiger partial charge in [0, 0.05) is 13.0 Å². The summed E-state index contributed by atoms with van der Waals surface area (Å²) < 4.78 is 11.0. The van der Waals surface area contributed by atoms with E-state index in [9.17, 15) is 4.79 Å². The lowest BCUT2D eigenvalue weighted by Gasteiger charge is -2.33. The number of rotatable bonds is 5. The quantitative estimate of drug-likeness (QED) is 0.766. The van der Waals surface area contributed by atoms with Crippen LogP contribution in [0.25, 0.3) is 0 Å². The zero-order valence-electron chi connectivity index (χ0n) is 11.4. The molecule has 1 heterocycles. The summed E-state index contributed by atoms with van der Waals surface area (Å²) in [6, 6.07) is 9.67. The molecule has 0 N–H and O–H groups in total. The van der Waals surface area contributed by atoms with Gasteiger partial charge >= 0.3 is 0 Å². The van der Waals surface area contributed by atoms with Crippen LogP contribution >= 0.6 is 0 Å². The third-order valence-electron chi connectivity index (χ3n) is 3.21. The molecule has 0 aliphatic carbocycles. The minimum atomic E-state index is -0.0868. The predicted octanol–water partition coefficient (Wildman–Crippen LogP) is 2.44. The molecule has 1 aromatic rings. The maximum absolute atomic E-state index is 12.0. The maximum Gasteiger partial charge on any atom is 0.224 e. The van der Waals surface area contributed by atoms with Crippen molar-refractivity contribution in [2.75, 3.05) is 19.8 Å². The average molecular weight is 263 g/mol. The van der Waals surface area contributed by atoms with Crippen molar-refractivity contribution in [1.82, 2.24) is 4.90 Å². The first-order chi connectivity index (χ1) is 9.27. The minimum Gasteiger partial charge on any atom is -0.494 e. The Hall–Kier alpha value is -1.55. The molecular weight excluding hydrogens is 242 g/mol. The Labute approximate surface area is 114 Å². The van der Waals surface area contributed by atoms with E-state index in [1.807, 2.05) is 42.2 Å². The van der Waals surface area contributed by atoms with Gasteiger partial charge < -0.3 is 14.4 Å². The van der Waals surface area contributed by atoms with Crippen LogP contribution in [0, 0.1) is 0 Å². The standard InChI is InChI=1S/C15H21NO3/c1-13-16(10-6-12-18-13)15(17)9-5-11-19-14-7-3-2-4-8-14/h2-4,7-8,13H,5-6,9-12H2,1H3. The Morgan fingerprint density at radius 2 is 2.21 bits per heavy atom. The van der Waals surface area contributed by atoms with Crippen LogP contribution in [0.3, 0.4) is 0 Å². The van der Waals surface area contributed by atoms with E-state index in [4.69, 9.17) is 9.47 Å². The smallest absolute Gasteiger partial charge is 0.224 e. The second kappa shape index (κ2) is 7.14. The highest BCUT2D eigenvalue weighted by molar-refractivity contribution is 5.76. The van der Waals surface area contributed by atoms with Crippen LogP contribution in [-0.2, 0) is 9.53 Å². The molecule has 19 heavy (non-hydrogen) atoms. The van der Waals surface area contributed by atoms with Crippen LogP contribution in [0.15, 0.2) is 30.3 Å². The summed E-state index contributed by atoms with van der Waals surface area (Å²) in [7, 11) is 0. The summed E-state index contributed by atoms with van der Waals surface area (Å²) in [6.07, 6.45) is 2.09. The molecule has 1 aliphatic rings. The van der Waals surface area contributed by atoms with Gasteiger partial charge in [0.1, 0.15) is 12.0 Å². The van der Waals surface area contributed by atoms with E-state index in [0.717, 1.165) is 31.7 Å². The van der Waals surface area contributed by atoms with Crippen LogP contribution < -0.4 is 4.74 Å². The molecule has 2 rings (SSSR count). The first kappa shape index (κ1) is 13.9. The molecule has 1 aromatic carbocycles. The van der Waals surface area contributed by atoms with Crippen molar-refractivity contribution in [3.05, 3.63) is 30.3 Å². The minimum absolute atomic E-state index is 0.0868. The molecule has 1 atom stereocenters. The molecule has 0 aromatic heterocycles. The van der Waals surface area contributed by atoms with Crippen LogP contribution in [0.1, 0.15) is 26.2 Å². The predicted molar refractivity (Wildman–Crippen MR) is 72.9 cm³/mol. The van der Waals surface area contributed by atoms with E-state index in [0.29, 0.717) is 13.0 Å². The zero-order chi connectivity index (χ0) is 13.5. The molecule has 4 nitrogen and oxygen atoms in total. The van der Waals surface area contributed by atoms with Crippen molar-refractivity contribution in [1.29, 1.82) is 0 Å². The number of carbonyl (C=O) groups excluding carboxylic acids is 1. The van der Waals surface area contributed by atoms with Crippen LogP contribution in [0.4, 0.5) is 0 Å². The summed E-state index contributed by atoms with van der Waals surface area (Å²) in [4.78, 5) is 13.8. The first-order valence-corrected chi connectivity index (χ1v) is 6.86. The van der Waals surface area contributed by atoms with E-state index < -0.39 is 0 Å². The van der Waals surface area contributed by atoms with E-state index in [1.54, 1.807) is 0 Å². The van der Waals surface area contributed by atoms with Crippen molar-refractivity contribution < 1.29 is 14.3 Å². The fraction of sp³-hybridized carbons (Fsp3) is 0.533. The molecule has 0 bridgehead atoms. The van der Waals surface area contributed by atoms with E-state index in [1.165, 1.54) is 0 Å². The van der Waals surface area contributed by atoms with Crippen molar-refractivity contribution in [2.45, 2.75) is 32.4 Å². The Morgan fingerprint density at radius 3 is 2.95 bits per heavy atom. The van der Waals surface area contributed by atoms with Gasteiger partial charge in [0.2, 0.25) is 5.91 Å². The number of para-hydroxylation sites is 1. The Kier molecular flexibility index (Phi) is 5.21. The fourth-order valence-electron chi connectivity index (χ4n) is 2.16. The maximum atomic E-state index is 12.0. The fourth-order valence-corrected chi connectivity index (χ4v) is 2.16. The molecule has 0 spiro atoms. The summed E-state index contributed by atoms with van der Waals surface area (Å²) in [5, 5.41) is 0. The van der Waals surface area contributed by atoms with Crippen LogP contribution in [-0.4, -0.2) is 36.8 Å². The second-order valence-corrected chi connectivity index (χ2v) is 4.68. The van der Waals surface area contributed by atoms with Gasteiger partial charge in [0.25, 0.3) is 0 Å². The number of hydrogen-bond acceptors (Lipinski definition) is 3. The van der Waals surface area contributed by atoms with E-state index >= 15 is 0 Å². The van der Waals surface area contributed by atoms with E-state index in [2.05, 4.69) is 0 Å². The Morgan fingerprint density at radius 1 is 1.42 bits per heavy atom. The Bertz CT molecular complexity index is 394. The molecule has 1 saturated heterocycles. The highest BCUT2D eigenvalue weighted by Gasteiger charge is 2.22.